The molecule has 2 amide bonds. The molecular formula is C22H29N3O3. The molecule has 6 heteroatoms. The first-order valence-corrected chi connectivity index (χ1v) is 9.98. The van der Waals surface area contributed by atoms with Crippen molar-refractivity contribution in [2.45, 2.75) is 58.5 Å². The molecule has 2 aromatic heterocycles. The molecule has 1 fully saturated rings. The fourth-order valence-electron chi connectivity index (χ4n) is 3.93. The number of rotatable bonds is 7. The minimum atomic E-state index is -0.282. The predicted molar refractivity (Wildman–Crippen MR) is 109 cm³/mol. The van der Waals surface area contributed by atoms with Crippen LogP contribution in [-0.2, 0) is 16.1 Å². The molecule has 150 valence electrons. The molecule has 2 N–H and O–H groups in total. The standard InChI is InChI=1S/C22H29N3O3/c1-16-13-18(17(2)25(16)19-7-4-3-5-8-19)10-11-21(26)24-15-22(27)23-14-20-9-6-12-28-20/h6,9-13,19H,3-5,7-8,14-15H2,1-2H3,(H,23,27)(H,24,26). The number of nitrogens with one attached hydrogen (secondary N) is 2. The molecule has 0 unspecified atom stereocenters. The van der Waals surface area contributed by atoms with Crippen molar-refractivity contribution < 1.29 is 14.0 Å². The van der Waals surface area contributed by atoms with E-state index in [1.807, 2.05) is 6.08 Å². The Hall–Kier alpha value is -2.76. The number of hydrogen-bond donors (Lipinski definition) is 2. The summed E-state index contributed by atoms with van der Waals surface area (Å²) >= 11 is 0. The predicted octanol–water partition coefficient (Wildman–Crippen LogP) is 3.65. The van der Waals surface area contributed by atoms with Crippen LogP contribution in [0.5, 0.6) is 0 Å². The lowest BCUT2D eigenvalue weighted by Crippen LogP contribution is -2.35. The van der Waals surface area contributed by atoms with Crippen LogP contribution in [0.3, 0.4) is 0 Å². The topological polar surface area (TPSA) is 76.3 Å². The van der Waals surface area contributed by atoms with Crippen LogP contribution in [-0.4, -0.2) is 22.9 Å². The number of carbonyl (C=O) groups excluding carboxylic acids is 2. The van der Waals surface area contributed by atoms with Crippen LogP contribution in [0.4, 0.5) is 0 Å². The Labute approximate surface area is 166 Å². The van der Waals surface area contributed by atoms with Crippen molar-refractivity contribution in [2.24, 2.45) is 0 Å². The zero-order chi connectivity index (χ0) is 19.9. The van der Waals surface area contributed by atoms with E-state index in [1.54, 1.807) is 18.4 Å². The summed E-state index contributed by atoms with van der Waals surface area (Å²) < 4.78 is 7.56. The number of amides is 2. The van der Waals surface area contributed by atoms with Crippen molar-refractivity contribution in [3.05, 3.63) is 53.2 Å². The third-order valence-corrected chi connectivity index (χ3v) is 5.34. The maximum absolute atomic E-state index is 12.1. The van der Waals surface area contributed by atoms with E-state index in [9.17, 15) is 9.59 Å². The summed E-state index contributed by atoms with van der Waals surface area (Å²) in [6.07, 6.45) is 11.2. The number of aryl methyl sites for hydroxylation is 1. The number of hydrogen-bond acceptors (Lipinski definition) is 3. The molecule has 28 heavy (non-hydrogen) atoms. The molecule has 0 spiro atoms. The summed E-state index contributed by atoms with van der Waals surface area (Å²) in [6.45, 7) is 4.49. The van der Waals surface area contributed by atoms with Gasteiger partial charge in [-0.2, -0.15) is 0 Å². The van der Waals surface area contributed by atoms with Crippen molar-refractivity contribution >= 4 is 17.9 Å². The fourth-order valence-corrected chi connectivity index (χ4v) is 3.93. The molecule has 0 radical (unpaired) electrons. The lowest BCUT2D eigenvalue weighted by molar-refractivity contribution is -0.124. The molecule has 0 saturated heterocycles. The normalized spacial score (nSPS) is 15.1. The van der Waals surface area contributed by atoms with Gasteiger partial charge in [-0.15, -0.1) is 0 Å². The summed E-state index contributed by atoms with van der Waals surface area (Å²) in [5.74, 6) is 0.136. The van der Waals surface area contributed by atoms with E-state index >= 15 is 0 Å². The van der Waals surface area contributed by atoms with Gasteiger partial charge in [-0.1, -0.05) is 19.3 Å². The summed E-state index contributed by atoms with van der Waals surface area (Å²) in [5, 5.41) is 5.31. The van der Waals surface area contributed by atoms with E-state index in [2.05, 4.69) is 35.1 Å². The van der Waals surface area contributed by atoms with E-state index in [0.29, 0.717) is 18.3 Å². The van der Waals surface area contributed by atoms with Crippen LogP contribution in [0.1, 0.15) is 60.9 Å². The Morgan fingerprint density at radius 3 is 2.71 bits per heavy atom. The first kappa shape index (κ1) is 20.0. The molecular weight excluding hydrogens is 354 g/mol. The minimum absolute atomic E-state index is 0.0645. The van der Waals surface area contributed by atoms with Crippen molar-refractivity contribution in [1.29, 1.82) is 0 Å². The maximum atomic E-state index is 12.1. The summed E-state index contributed by atoms with van der Waals surface area (Å²) in [4.78, 5) is 23.9. The van der Waals surface area contributed by atoms with E-state index < -0.39 is 0 Å². The van der Waals surface area contributed by atoms with Gasteiger partial charge in [-0.3, -0.25) is 9.59 Å². The molecule has 2 heterocycles. The highest BCUT2D eigenvalue weighted by Gasteiger charge is 2.19. The van der Waals surface area contributed by atoms with Gasteiger partial charge in [0, 0.05) is 23.5 Å². The minimum Gasteiger partial charge on any atom is -0.467 e. The highest BCUT2D eigenvalue weighted by Crippen LogP contribution is 2.32. The molecule has 0 aromatic carbocycles. The van der Waals surface area contributed by atoms with Crippen molar-refractivity contribution in [1.82, 2.24) is 15.2 Å². The maximum Gasteiger partial charge on any atom is 0.244 e. The summed E-state index contributed by atoms with van der Waals surface area (Å²) in [5.41, 5.74) is 3.49. The molecule has 3 rings (SSSR count). The Kier molecular flexibility index (Phi) is 6.74. The van der Waals surface area contributed by atoms with Gasteiger partial charge >= 0.3 is 0 Å². The van der Waals surface area contributed by atoms with Gasteiger partial charge in [0.2, 0.25) is 11.8 Å². The number of aromatic nitrogens is 1. The average Bonchev–Trinajstić information content (AvgIpc) is 3.31. The SMILES string of the molecule is Cc1cc(C=CC(=O)NCC(=O)NCc2ccco2)c(C)n1C1CCCCC1. The largest absolute Gasteiger partial charge is 0.467 e. The molecule has 6 nitrogen and oxygen atoms in total. The second-order valence-corrected chi connectivity index (χ2v) is 7.40. The zero-order valence-corrected chi connectivity index (χ0v) is 16.7. The number of furan rings is 1. The Morgan fingerprint density at radius 2 is 2.00 bits per heavy atom. The van der Waals surface area contributed by atoms with Crippen LogP contribution < -0.4 is 10.6 Å². The highest BCUT2D eigenvalue weighted by molar-refractivity contribution is 5.94. The van der Waals surface area contributed by atoms with Gasteiger partial charge in [-0.05, 0) is 56.5 Å². The Morgan fingerprint density at radius 1 is 1.21 bits per heavy atom. The average molecular weight is 383 g/mol. The molecule has 1 aliphatic carbocycles. The molecule has 2 aromatic rings. The lowest BCUT2D eigenvalue weighted by Gasteiger charge is -2.26. The molecule has 1 aliphatic rings. The third-order valence-electron chi connectivity index (χ3n) is 5.34. The van der Waals surface area contributed by atoms with Crippen LogP contribution >= 0.6 is 0 Å². The first-order chi connectivity index (χ1) is 13.5. The van der Waals surface area contributed by atoms with Gasteiger partial charge in [-0.25, -0.2) is 0 Å². The molecule has 0 aliphatic heterocycles. The van der Waals surface area contributed by atoms with Crippen molar-refractivity contribution in [3.63, 3.8) is 0 Å². The third kappa shape index (κ3) is 5.15. The van der Waals surface area contributed by atoms with Gasteiger partial charge < -0.3 is 19.6 Å². The Balaban J connectivity index is 1.50. The number of carbonyl (C=O) groups is 2. The monoisotopic (exact) mass is 383 g/mol. The quantitative estimate of drug-likeness (QED) is 0.717. The van der Waals surface area contributed by atoms with Gasteiger partial charge in [0.15, 0.2) is 0 Å². The van der Waals surface area contributed by atoms with Gasteiger partial charge in [0.05, 0.1) is 19.4 Å². The van der Waals surface area contributed by atoms with Gasteiger partial charge in [0.25, 0.3) is 0 Å². The lowest BCUT2D eigenvalue weighted by atomic mass is 9.95. The smallest absolute Gasteiger partial charge is 0.244 e. The van der Waals surface area contributed by atoms with Crippen LogP contribution in [0, 0.1) is 13.8 Å². The zero-order valence-electron chi connectivity index (χ0n) is 16.7. The number of nitrogens with zero attached hydrogens (tertiary/aromatic N) is 1. The van der Waals surface area contributed by atoms with Crippen LogP contribution in [0.25, 0.3) is 6.08 Å². The second-order valence-electron chi connectivity index (χ2n) is 7.40. The van der Waals surface area contributed by atoms with E-state index in [0.717, 1.165) is 5.56 Å². The van der Waals surface area contributed by atoms with E-state index in [1.165, 1.54) is 49.6 Å². The van der Waals surface area contributed by atoms with Crippen LogP contribution in [0.15, 0.2) is 35.0 Å². The molecule has 0 bridgehead atoms. The second kappa shape index (κ2) is 9.44. The highest BCUT2D eigenvalue weighted by atomic mass is 16.3. The van der Waals surface area contributed by atoms with Crippen molar-refractivity contribution in [2.75, 3.05) is 6.54 Å². The fraction of sp³-hybridized carbons (Fsp3) is 0.455. The van der Waals surface area contributed by atoms with E-state index in [-0.39, 0.29) is 18.4 Å². The summed E-state index contributed by atoms with van der Waals surface area (Å²) in [7, 11) is 0. The van der Waals surface area contributed by atoms with Crippen LogP contribution in [0.2, 0.25) is 0 Å². The van der Waals surface area contributed by atoms with Crippen molar-refractivity contribution in [3.8, 4) is 0 Å². The summed E-state index contributed by atoms with van der Waals surface area (Å²) in [6, 6.07) is 6.25. The van der Waals surface area contributed by atoms with E-state index in [4.69, 9.17) is 4.42 Å². The molecule has 0 atom stereocenters. The Bertz CT molecular complexity index is 828. The molecule has 1 saturated carbocycles. The first-order valence-electron chi connectivity index (χ1n) is 9.98. The van der Waals surface area contributed by atoms with Gasteiger partial charge in [0.1, 0.15) is 5.76 Å².